The van der Waals surface area contributed by atoms with Gasteiger partial charge in [-0.05, 0) is 25.7 Å². The van der Waals surface area contributed by atoms with Gasteiger partial charge in [0.2, 0.25) is 0 Å². The van der Waals surface area contributed by atoms with E-state index in [1.165, 1.54) is 31.8 Å². The van der Waals surface area contributed by atoms with Gasteiger partial charge in [0.1, 0.15) is 0 Å². The van der Waals surface area contributed by atoms with Crippen molar-refractivity contribution in [3.8, 4) is 0 Å². The van der Waals surface area contributed by atoms with Gasteiger partial charge < -0.3 is 19.1 Å². The number of rotatable bonds is 15. The highest BCUT2D eigenvalue weighted by molar-refractivity contribution is 5.81. The quantitative estimate of drug-likeness (QED) is 0.200. The summed E-state index contributed by atoms with van der Waals surface area (Å²) in [5.74, 6) is -1.29. The summed E-state index contributed by atoms with van der Waals surface area (Å²) in [5, 5.41) is 10.3. The van der Waals surface area contributed by atoms with Gasteiger partial charge in [-0.3, -0.25) is 0 Å². The van der Waals surface area contributed by atoms with Crippen LogP contribution >= 0.6 is 0 Å². The molecular formula is C18H33NO4. The van der Waals surface area contributed by atoms with E-state index in [1.807, 2.05) is 0 Å². The zero-order valence-corrected chi connectivity index (χ0v) is 14.8. The number of unbranched alkanes of at least 4 members (excludes halogenated alkanes) is 6. The molecule has 5 nitrogen and oxygen atoms in total. The molecule has 0 saturated carbocycles. The number of aliphatic carboxylic acids is 1. The maximum absolute atomic E-state index is 10.9. The second-order valence-electron chi connectivity index (χ2n) is 6.71. The molecule has 0 spiro atoms. The van der Waals surface area contributed by atoms with E-state index in [0.717, 1.165) is 43.3 Å². The van der Waals surface area contributed by atoms with Crippen LogP contribution in [0.15, 0.2) is 12.7 Å². The summed E-state index contributed by atoms with van der Waals surface area (Å²) in [5.41, 5.74) is 0. The minimum atomic E-state index is -0.941. The first kappa shape index (κ1) is 21.6. The molecule has 0 aromatic heterocycles. The van der Waals surface area contributed by atoms with Crippen molar-refractivity contribution in [2.75, 3.05) is 33.8 Å². The Morgan fingerprint density at radius 2 is 1.48 bits per heavy atom. The fraction of sp³-hybridized carbons (Fsp3) is 0.778. The van der Waals surface area contributed by atoms with Gasteiger partial charge in [0.25, 0.3) is 0 Å². The zero-order chi connectivity index (χ0) is 17.6. The van der Waals surface area contributed by atoms with Gasteiger partial charge in [0, 0.05) is 18.5 Å². The highest BCUT2D eigenvalue weighted by Crippen LogP contribution is 2.10. The van der Waals surface area contributed by atoms with Crippen LogP contribution in [0, 0.1) is 0 Å². The molecule has 134 valence electrons. The predicted molar refractivity (Wildman–Crippen MR) is 89.6 cm³/mol. The molecule has 0 aliphatic heterocycles. The lowest BCUT2D eigenvalue weighted by molar-refractivity contribution is -0.890. The Hall–Kier alpha value is -1.36. The summed E-state index contributed by atoms with van der Waals surface area (Å²) in [7, 11) is 4.41. The van der Waals surface area contributed by atoms with Gasteiger partial charge in [-0.2, -0.15) is 0 Å². The summed E-state index contributed by atoms with van der Waals surface area (Å²) in [6, 6.07) is 0. The normalized spacial score (nSPS) is 11.2. The van der Waals surface area contributed by atoms with Gasteiger partial charge in [0.15, 0.2) is 0 Å². The molecule has 0 aromatic carbocycles. The van der Waals surface area contributed by atoms with Crippen LogP contribution in [-0.2, 0) is 14.3 Å². The van der Waals surface area contributed by atoms with Crippen molar-refractivity contribution in [1.82, 2.24) is 0 Å². The first-order chi connectivity index (χ1) is 10.9. The first-order valence-electron chi connectivity index (χ1n) is 8.68. The molecule has 0 amide bonds. The zero-order valence-electron chi connectivity index (χ0n) is 14.8. The highest BCUT2D eigenvalue weighted by Gasteiger charge is 2.14. The van der Waals surface area contributed by atoms with Crippen molar-refractivity contribution in [1.29, 1.82) is 0 Å². The van der Waals surface area contributed by atoms with Crippen molar-refractivity contribution in [3.05, 3.63) is 12.7 Å². The van der Waals surface area contributed by atoms with Gasteiger partial charge in [-0.25, -0.2) is 4.79 Å². The van der Waals surface area contributed by atoms with Crippen LogP contribution < -0.4 is 5.11 Å². The summed E-state index contributed by atoms with van der Waals surface area (Å²) < 4.78 is 5.93. The molecule has 0 rings (SSSR count). The lowest BCUT2D eigenvalue weighted by Crippen LogP contribution is -2.41. The fourth-order valence-corrected chi connectivity index (χ4v) is 2.53. The number of esters is 1. The van der Waals surface area contributed by atoms with E-state index >= 15 is 0 Å². The molecule has 23 heavy (non-hydrogen) atoms. The molecule has 0 unspecified atom stereocenters. The average Bonchev–Trinajstić information content (AvgIpc) is 2.49. The summed E-state index contributed by atoms with van der Waals surface area (Å²) in [6.07, 6.45) is 9.88. The number of carbonyl (C=O) groups is 2. The molecule has 0 fully saturated rings. The smallest absolute Gasteiger partial charge is 0.330 e. The van der Waals surface area contributed by atoms with Gasteiger partial charge in [-0.1, -0.05) is 32.3 Å². The van der Waals surface area contributed by atoms with Gasteiger partial charge in [-0.15, -0.1) is 0 Å². The van der Waals surface area contributed by atoms with Gasteiger partial charge >= 0.3 is 5.97 Å². The number of ether oxygens (including phenoxy) is 1. The average molecular weight is 327 g/mol. The minimum absolute atomic E-state index is 0.188. The maximum Gasteiger partial charge on any atom is 0.330 e. The maximum atomic E-state index is 10.9. The highest BCUT2D eigenvalue weighted by atomic mass is 16.5. The van der Waals surface area contributed by atoms with Crippen LogP contribution in [0.4, 0.5) is 0 Å². The van der Waals surface area contributed by atoms with Crippen molar-refractivity contribution >= 4 is 11.9 Å². The third kappa shape index (κ3) is 15.3. The number of carbonyl (C=O) groups excluding carboxylic acids is 2. The van der Waals surface area contributed by atoms with Crippen molar-refractivity contribution in [2.45, 2.75) is 57.8 Å². The SMILES string of the molecule is C=CC(=O)OCCC[N+](C)(C)CCCCCCCCCC(=O)[O-]. The number of carboxylic acid groups (broad SMARTS) is 1. The number of hydrogen-bond donors (Lipinski definition) is 0. The molecular weight excluding hydrogens is 294 g/mol. The van der Waals surface area contributed by atoms with E-state index in [0.29, 0.717) is 6.61 Å². The van der Waals surface area contributed by atoms with Crippen molar-refractivity contribution in [2.24, 2.45) is 0 Å². The van der Waals surface area contributed by atoms with E-state index < -0.39 is 5.97 Å². The predicted octanol–water partition coefficient (Wildman–Crippen LogP) is 2.05. The Bertz CT molecular complexity index is 353. The standard InChI is InChI=1S/C18H33NO4/c1-4-18(22)23-16-12-15-19(2,3)14-11-9-7-5-6-8-10-13-17(20)21/h4H,1,5-16H2,2-3H3. The lowest BCUT2D eigenvalue weighted by atomic mass is 10.1. The number of nitrogens with zero attached hydrogens (tertiary/aromatic N) is 1. The van der Waals surface area contributed by atoms with Gasteiger partial charge in [0.05, 0.1) is 33.8 Å². The summed E-state index contributed by atoms with van der Waals surface area (Å²) in [6.45, 7) is 5.95. The Morgan fingerprint density at radius 1 is 0.957 bits per heavy atom. The van der Waals surface area contributed by atoms with Crippen LogP contribution in [0.5, 0.6) is 0 Å². The van der Waals surface area contributed by atoms with Crippen LogP contribution in [0.2, 0.25) is 0 Å². The molecule has 0 atom stereocenters. The van der Waals surface area contributed by atoms with Crippen molar-refractivity contribution < 1.29 is 23.9 Å². The second kappa shape index (κ2) is 13.1. The van der Waals surface area contributed by atoms with Crippen molar-refractivity contribution in [3.63, 3.8) is 0 Å². The van der Waals surface area contributed by atoms with E-state index in [2.05, 4.69) is 20.7 Å². The summed E-state index contributed by atoms with van der Waals surface area (Å²) >= 11 is 0. The van der Waals surface area contributed by atoms with Crippen LogP contribution in [0.25, 0.3) is 0 Å². The Kier molecular flexibility index (Phi) is 12.3. The first-order valence-corrected chi connectivity index (χ1v) is 8.68. The van der Waals surface area contributed by atoms with Crippen LogP contribution in [0.3, 0.4) is 0 Å². The molecule has 0 aliphatic rings. The molecule has 0 bridgehead atoms. The summed E-state index contributed by atoms with van der Waals surface area (Å²) in [4.78, 5) is 21.2. The van der Waals surface area contributed by atoms with E-state index in [9.17, 15) is 14.7 Å². The molecule has 0 aliphatic carbocycles. The molecule has 0 N–H and O–H groups in total. The monoisotopic (exact) mass is 327 g/mol. The number of quaternary nitrogens is 1. The number of hydrogen-bond acceptors (Lipinski definition) is 4. The largest absolute Gasteiger partial charge is 0.550 e. The Morgan fingerprint density at radius 3 is 2.04 bits per heavy atom. The topological polar surface area (TPSA) is 66.4 Å². The minimum Gasteiger partial charge on any atom is -0.550 e. The third-order valence-corrected chi connectivity index (χ3v) is 3.96. The Labute approximate surface area is 140 Å². The van der Waals surface area contributed by atoms with Crippen LogP contribution in [-0.4, -0.2) is 50.2 Å². The Balaban J connectivity index is 3.46. The molecule has 0 radical (unpaired) electrons. The third-order valence-electron chi connectivity index (χ3n) is 3.96. The number of carboxylic acids is 1. The molecule has 0 heterocycles. The lowest BCUT2D eigenvalue weighted by Gasteiger charge is -2.29. The van der Waals surface area contributed by atoms with E-state index in [4.69, 9.17) is 4.74 Å². The van der Waals surface area contributed by atoms with Crippen LogP contribution in [0.1, 0.15) is 57.8 Å². The molecule has 0 aromatic rings. The fourth-order valence-electron chi connectivity index (χ4n) is 2.53. The second-order valence-corrected chi connectivity index (χ2v) is 6.71. The van der Waals surface area contributed by atoms with E-state index in [1.54, 1.807) is 0 Å². The molecule has 0 saturated heterocycles. The molecule has 5 heteroatoms. The van der Waals surface area contributed by atoms with E-state index in [-0.39, 0.29) is 12.4 Å².